The van der Waals surface area contributed by atoms with Crippen molar-refractivity contribution in [2.45, 2.75) is 11.2 Å². The predicted octanol–water partition coefficient (Wildman–Crippen LogP) is 5.02. The monoisotopic (exact) mass is 414 g/mol. The molecule has 1 aliphatic heterocycles. The van der Waals surface area contributed by atoms with E-state index < -0.39 is 0 Å². The number of hydrogen-bond donors (Lipinski definition) is 0. The summed E-state index contributed by atoms with van der Waals surface area (Å²) in [5, 5.41) is 0. The van der Waals surface area contributed by atoms with E-state index in [9.17, 15) is 4.39 Å². The van der Waals surface area contributed by atoms with Crippen molar-refractivity contribution < 1.29 is 13.9 Å². The van der Waals surface area contributed by atoms with Gasteiger partial charge in [-0.15, -0.1) is 0 Å². The normalized spacial score (nSPS) is 14.5. The van der Waals surface area contributed by atoms with Gasteiger partial charge in [-0.1, -0.05) is 37.9 Å². The maximum atomic E-state index is 13.5. The fraction of sp³-hybridized carbons (Fsp3) is 0.250. The van der Waals surface area contributed by atoms with Crippen molar-refractivity contribution in [2.75, 3.05) is 13.7 Å². The summed E-state index contributed by atoms with van der Waals surface area (Å²) in [6.07, 6.45) is 0.911. The van der Waals surface area contributed by atoms with Crippen molar-refractivity contribution in [1.82, 2.24) is 0 Å². The van der Waals surface area contributed by atoms with Gasteiger partial charge in [0.15, 0.2) is 11.6 Å². The Morgan fingerprint density at radius 3 is 2.86 bits per heavy atom. The van der Waals surface area contributed by atoms with E-state index in [2.05, 4.69) is 37.9 Å². The molecule has 2 aromatic carbocycles. The maximum absolute atomic E-state index is 13.5. The summed E-state index contributed by atoms with van der Waals surface area (Å²) in [7, 11) is 1.46. The van der Waals surface area contributed by atoms with Crippen LogP contribution in [0.5, 0.6) is 11.5 Å². The standard InChI is InChI=1S/C16H13Br2FO2/c1-20-14-7-9(2-3-13(14)19)15(18)12-8-11(17)6-10-4-5-21-16(10)12/h2-3,6-8,15H,4-5H2,1H3. The second-order valence-electron chi connectivity index (χ2n) is 4.84. The SMILES string of the molecule is COc1cc(C(Br)c2cc(Br)cc3c2OCC3)ccc1F. The smallest absolute Gasteiger partial charge is 0.165 e. The number of rotatable bonds is 3. The van der Waals surface area contributed by atoms with Crippen LogP contribution in [0.25, 0.3) is 0 Å². The lowest BCUT2D eigenvalue weighted by molar-refractivity contribution is 0.354. The fourth-order valence-corrected chi connectivity index (χ4v) is 3.65. The molecule has 0 amide bonds. The summed E-state index contributed by atoms with van der Waals surface area (Å²) in [5.74, 6) is 0.796. The summed E-state index contributed by atoms with van der Waals surface area (Å²) in [6, 6.07) is 8.98. The lowest BCUT2D eigenvalue weighted by Gasteiger charge is -2.16. The molecule has 0 saturated carbocycles. The molecule has 5 heteroatoms. The highest BCUT2D eigenvalue weighted by Crippen LogP contribution is 2.43. The Labute approximate surface area is 139 Å². The molecular weight excluding hydrogens is 403 g/mol. The lowest BCUT2D eigenvalue weighted by atomic mass is 10.0. The largest absolute Gasteiger partial charge is 0.494 e. The first-order valence-corrected chi connectivity index (χ1v) is 8.23. The van der Waals surface area contributed by atoms with Crippen molar-refractivity contribution in [1.29, 1.82) is 0 Å². The molecule has 0 aromatic heterocycles. The third-order valence-electron chi connectivity index (χ3n) is 3.52. The highest BCUT2D eigenvalue weighted by Gasteiger charge is 2.23. The Bertz CT molecular complexity index is 688. The Morgan fingerprint density at radius 2 is 2.10 bits per heavy atom. The molecule has 2 aromatic rings. The van der Waals surface area contributed by atoms with Crippen LogP contribution in [-0.2, 0) is 6.42 Å². The lowest BCUT2D eigenvalue weighted by Crippen LogP contribution is -1.99. The third kappa shape index (κ3) is 2.81. The van der Waals surface area contributed by atoms with Gasteiger partial charge < -0.3 is 9.47 Å². The minimum atomic E-state index is -0.364. The van der Waals surface area contributed by atoms with Crippen LogP contribution in [0.4, 0.5) is 4.39 Å². The molecule has 3 rings (SSSR count). The van der Waals surface area contributed by atoms with Crippen molar-refractivity contribution in [2.24, 2.45) is 0 Å². The molecule has 21 heavy (non-hydrogen) atoms. The highest BCUT2D eigenvalue weighted by molar-refractivity contribution is 9.10. The number of fused-ring (bicyclic) bond motifs is 1. The van der Waals surface area contributed by atoms with Crippen LogP contribution >= 0.6 is 31.9 Å². The molecule has 110 valence electrons. The van der Waals surface area contributed by atoms with E-state index in [-0.39, 0.29) is 16.4 Å². The maximum Gasteiger partial charge on any atom is 0.165 e. The van der Waals surface area contributed by atoms with Gasteiger partial charge in [0.2, 0.25) is 0 Å². The summed E-state index contributed by atoms with van der Waals surface area (Å²) >= 11 is 7.23. The molecule has 1 heterocycles. The molecule has 0 saturated heterocycles. The second kappa shape index (κ2) is 5.97. The van der Waals surface area contributed by atoms with E-state index in [1.165, 1.54) is 18.7 Å². The third-order valence-corrected chi connectivity index (χ3v) is 5.00. The number of alkyl halides is 1. The number of benzene rings is 2. The first-order valence-electron chi connectivity index (χ1n) is 6.52. The summed E-state index contributed by atoms with van der Waals surface area (Å²) in [5.41, 5.74) is 3.15. The quantitative estimate of drug-likeness (QED) is 0.655. The Kier molecular flexibility index (Phi) is 4.22. The van der Waals surface area contributed by atoms with Crippen molar-refractivity contribution in [3.8, 4) is 11.5 Å². The zero-order chi connectivity index (χ0) is 15.0. The van der Waals surface area contributed by atoms with Crippen LogP contribution in [0.15, 0.2) is 34.8 Å². The molecule has 0 N–H and O–H groups in total. The Hall–Kier alpha value is -1.07. The zero-order valence-electron chi connectivity index (χ0n) is 11.3. The minimum absolute atomic E-state index is 0.0867. The average molecular weight is 416 g/mol. The molecule has 1 unspecified atom stereocenters. The van der Waals surface area contributed by atoms with Crippen molar-refractivity contribution >= 4 is 31.9 Å². The van der Waals surface area contributed by atoms with E-state index in [0.29, 0.717) is 6.61 Å². The molecule has 0 radical (unpaired) electrons. The van der Waals surface area contributed by atoms with Crippen molar-refractivity contribution in [3.05, 3.63) is 57.3 Å². The number of halogens is 3. The number of methoxy groups -OCH3 is 1. The van der Waals surface area contributed by atoms with E-state index in [1.54, 1.807) is 12.1 Å². The van der Waals surface area contributed by atoms with Crippen LogP contribution in [0.2, 0.25) is 0 Å². The first kappa shape index (κ1) is 14.9. The van der Waals surface area contributed by atoms with Crippen LogP contribution < -0.4 is 9.47 Å². The molecule has 1 atom stereocenters. The average Bonchev–Trinajstić information content (AvgIpc) is 2.94. The van der Waals surface area contributed by atoms with E-state index in [1.807, 2.05) is 6.07 Å². The van der Waals surface area contributed by atoms with E-state index >= 15 is 0 Å². The Morgan fingerprint density at radius 1 is 1.29 bits per heavy atom. The van der Waals surface area contributed by atoms with E-state index in [4.69, 9.17) is 9.47 Å². The minimum Gasteiger partial charge on any atom is -0.494 e. The van der Waals surface area contributed by atoms with Gasteiger partial charge in [0, 0.05) is 16.5 Å². The van der Waals surface area contributed by atoms with Gasteiger partial charge in [-0.2, -0.15) is 0 Å². The van der Waals surface area contributed by atoms with Crippen LogP contribution in [0.3, 0.4) is 0 Å². The molecule has 0 spiro atoms. The fourth-order valence-electron chi connectivity index (χ4n) is 2.50. The van der Waals surface area contributed by atoms with Gasteiger partial charge in [-0.3, -0.25) is 0 Å². The van der Waals surface area contributed by atoms with Gasteiger partial charge in [0.1, 0.15) is 5.75 Å². The van der Waals surface area contributed by atoms with Gasteiger partial charge in [0.25, 0.3) is 0 Å². The van der Waals surface area contributed by atoms with Crippen molar-refractivity contribution in [3.63, 3.8) is 0 Å². The Balaban J connectivity index is 2.05. The highest BCUT2D eigenvalue weighted by atomic mass is 79.9. The molecule has 0 aliphatic carbocycles. The molecule has 0 fully saturated rings. The van der Waals surface area contributed by atoms with Crippen LogP contribution in [0, 0.1) is 5.82 Å². The zero-order valence-corrected chi connectivity index (χ0v) is 14.5. The summed E-state index contributed by atoms with van der Waals surface area (Å²) in [4.78, 5) is -0.0867. The van der Waals surface area contributed by atoms with Gasteiger partial charge in [0.05, 0.1) is 18.5 Å². The van der Waals surface area contributed by atoms with Crippen LogP contribution in [-0.4, -0.2) is 13.7 Å². The summed E-state index contributed by atoms with van der Waals surface area (Å²) < 4.78 is 25.4. The topological polar surface area (TPSA) is 18.5 Å². The first-order chi connectivity index (χ1) is 10.1. The molecule has 1 aliphatic rings. The summed E-state index contributed by atoms with van der Waals surface area (Å²) in [6.45, 7) is 0.700. The van der Waals surface area contributed by atoms with Crippen LogP contribution in [0.1, 0.15) is 21.5 Å². The second-order valence-corrected chi connectivity index (χ2v) is 6.67. The number of hydrogen-bond acceptors (Lipinski definition) is 2. The molecule has 2 nitrogen and oxygen atoms in total. The predicted molar refractivity (Wildman–Crippen MR) is 87.1 cm³/mol. The molecule has 0 bridgehead atoms. The molecular formula is C16H13Br2FO2. The van der Waals surface area contributed by atoms with Gasteiger partial charge in [-0.25, -0.2) is 4.39 Å². The van der Waals surface area contributed by atoms with Gasteiger partial charge >= 0.3 is 0 Å². The van der Waals surface area contributed by atoms with E-state index in [0.717, 1.165) is 27.8 Å². The number of ether oxygens (including phenoxy) is 2. The van der Waals surface area contributed by atoms with Gasteiger partial charge in [-0.05, 0) is 35.4 Å².